The van der Waals surface area contributed by atoms with E-state index in [1.807, 2.05) is 18.4 Å². The number of aromatic nitrogens is 4. The zero-order valence-corrected chi connectivity index (χ0v) is 22.8. The maximum atomic E-state index is 14.5. The van der Waals surface area contributed by atoms with Crippen molar-refractivity contribution in [1.29, 1.82) is 0 Å². The van der Waals surface area contributed by atoms with Gasteiger partial charge in [-0.2, -0.15) is 4.98 Å². The molecule has 0 saturated heterocycles. The topological polar surface area (TPSA) is 108 Å². The molecule has 2 aromatic heterocycles. The van der Waals surface area contributed by atoms with Gasteiger partial charge in [-0.1, -0.05) is 7.43 Å². The normalized spacial score (nSPS) is 23.7. The number of nitrogens with zero attached hydrogens (tertiary/aromatic N) is 4. The summed E-state index contributed by atoms with van der Waals surface area (Å²) in [7, 11) is 0. The molecule has 2 aliphatic carbocycles. The van der Waals surface area contributed by atoms with E-state index in [4.69, 9.17) is 4.98 Å². The van der Waals surface area contributed by atoms with Gasteiger partial charge in [0.05, 0.1) is 17.4 Å². The number of halogens is 3. The zero-order chi connectivity index (χ0) is 28.1. The van der Waals surface area contributed by atoms with Crippen molar-refractivity contribution in [3.05, 3.63) is 35.8 Å². The predicted molar refractivity (Wildman–Crippen MR) is 150 cm³/mol. The van der Waals surface area contributed by atoms with Crippen molar-refractivity contribution in [2.75, 3.05) is 10.6 Å². The highest BCUT2D eigenvalue weighted by Gasteiger charge is 2.37. The van der Waals surface area contributed by atoms with Crippen LogP contribution in [0, 0.1) is 29.3 Å². The minimum atomic E-state index is -1.07. The third-order valence-electron chi connectivity index (χ3n) is 8.51. The van der Waals surface area contributed by atoms with Gasteiger partial charge in [-0.15, -0.1) is 0 Å². The van der Waals surface area contributed by atoms with Crippen molar-refractivity contribution in [3.8, 4) is 0 Å². The molecule has 2 aliphatic rings. The Labute approximate surface area is 233 Å². The Morgan fingerprint density at radius 3 is 2.05 bits per heavy atom. The minimum absolute atomic E-state index is 0. The predicted octanol–water partition coefficient (Wildman–Crippen LogP) is 6.48. The van der Waals surface area contributed by atoms with E-state index in [1.165, 1.54) is 0 Å². The SMILES string of the molecule is C.CC(C)(O)C1CCC(Nc2ncc3nc(Nc4c(F)cc(F)cc4F)n([C@H]4CC[C@@H](C(C)(C)O)C4)c3n2)CC1. The molecule has 0 spiro atoms. The van der Waals surface area contributed by atoms with E-state index in [0.717, 1.165) is 38.5 Å². The molecule has 2 saturated carbocycles. The summed E-state index contributed by atoms with van der Waals surface area (Å²) in [5.41, 5.74) is -1.13. The average Bonchev–Trinajstić information content (AvgIpc) is 3.45. The number of hydrogen-bond donors (Lipinski definition) is 4. The van der Waals surface area contributed by atoms with Crippen LogP contribution in [0.15, 0.2) is 18.3 Å². The average molecular weight is 563 g/mol. The van der Waals surface area contributed by atoms with Gasteiger partial charge in [0.1, 0.15) is 17.0 Å². The van der Waals surface area contributed by atoms with E-state index < -0.39 is 34.3 Å². The van der Waals surface area contributed by atoms with E-state index in [1.54, 1.807) is 20.0 Å². The molecule has 0 aliphatic heterocycles. The first-order valence-corrected chi connectivity index (χ1v) is 13.7. The van der Waals surface area contributed by atoms with Crippen LogP contribution in [0.2, 0.25) is 0 Å². The molecule has 8 nitrogen and oxygen atoms in total. The molecule has 4 N–H and O–H groups in total. The summed E-state index contributed by atoms with van der Waals surface area (Å²) in [6.07, 6.45) is 7.24. The van der Waals surface area contributed by atoms with Crippen LogP contribution in [0.4, 0.5) is 30.8 Å². The third kappa shape index (κ3) is 6.20. The van der Waals surface area contributed by atoms with Crippen LogP contribution >= 0.6 is 0 Å². The lowest BCUT2D eigenvalue weighted by atomic mass is 9.77. The fourth-order valence-corrected chi connectivity index (χ4v) is 6.13. The summed E-state index contributed by atoms with van der Waals surface area (Å²) in [5.74, 6) is -2.27. The van der Waals surface area contributed by atoms with Gasteiger partial charge in [-0.05, 0) is 84.5 Å². The number of rotatable bonds is 7. The monoisotopic (exact) mass is 562 g/mol. The first-order valence-electron chi connectivity index (χ1n) is 13.7. The molecule has 40 heavy (non-hydrogen) atoms. The van der Waals surface area contributed by atoms with E-state index >= 15 is 0 Å². The van der Waals surface area contributed by atoms with Crippen LogP contribution in [0.3, 0.4) is 0 Å². The maximum Gasteiger partial charge on any atom is 0.224 e. The van der Waals surface area contributed by atoms with Gasteiger partial charge in [-0.25, -0.2) is 23.1 Å². The second-order valence-electron chi connectivity index (χ2n) is 12.2. The number of fused-ring (bicyclic) bond motifs is 1. The molecular formula is C29H41F3N6O2. The second-order valence-corrected chi connectivity index (χ2v) is 12.2. The number of aliphatic hydroxyl groups is 2. The van der Waals surface area contributed by atoms with E-state index in [-0.39, 0.29) is 37.3 Å². The molecule has 2 fully saturated rings. The molecule has 5 rings (SSSR count). The van der Waals surface area contributed by atoms with E-state index in [2.05, 4.69) is 20.6 Å². The van der Waals surface area contributed by atoms with Gasteiger partial charge in [0, 0.05) is 24.2 Å². The van der Waals surface area contributed by atoms with Crippen LogP contribution in [0.5, 0.6) is 0 Å². The molecule has 2 heterocycles. The van der Waals surface area contributed by atoms with Crippen molar-refractivity contribution in [2.45, 2.75) is 103 Å². The first-order chi connectivity index (χ1) is 18.3. The van der Waals surface area contributed by atoms with Crippen molar-refractivity contribution >= 4 is 28.7 Å². The van der Waals surface area contributed by atoms with Crippen molar-refractivity contribution < 1.29 is 23.4 Å². The highest BCUT2D eigenvalue weighted by Crippen LogP contribution is 2.43. The van der Waals surface area contributed by atoms with Gasteiger partial charge >= 0.3 is 0 Å². The fourth-order valence-electron chi connectivity index (χ4n) is 6.13. The van der Waals surface area contributed by atoms with Crippen molar-refractivity contribution in [1.82, 2.24) is 19.5 Å². The summed E-state index contributed by atoms with van der Waals surface area (Å²) in [6, 6.07) is 1.26. The molecule has 2 atom stereocenters. The molecule has 0 bridgehead atoms. The van der Waals surface area contributed by atoms with Gasteiger partial charge in [0.15, 0.2) is 17.3 Å². The number of benzene rings is 1. The quantitative estimate of drug-likeness (QED) is 0.261. The summed E-state index contributed by atoms with van der Waals surface area (Å²) in [6.45, 7) is 7.27. The van der Waals surface area contributed by atoms with Crippen LogP contribution < -0.4 is 10.6 Å². The molecule has 0 amide bonds. The van der Waals surface area contributed by atoms with Gasteiger partial charge in [-0.3, -0.25) is 4.57 Å². The summed E-state index contributed by atoms with van der Waals surface area (Å²) >= 11 is 0. The molecule has 1 aromatic carbocycles. The Hall–Kier alpha value is -2.92. The molecule has 220 valence electrons. The lowest BCUT2D eigenvalue weighted by molar-refractivity contribution is -0.000426. The van der Waals surface area contributed by atoms with Crippen LogP contribution in [0.25, 0.3) is 11.2 Å². The van der Waals surface area contributed by atoms with Crippen molar-refractivity contribution in [2.24, 2.45) is 11.8 Å². The van der Waals surface area contributed by atoms with Gasteiger partial charge in [0.2, 0.25) is 11.9 Å². The van der Waals surface area contributed by atoms with Gasteiger partial charge < -0.3 is 20.8 Å². The minimum Gasteiger partial charge on any atom is -0.390 e. The van der Waals surface area contributed by atoms with Crippen LogP contribution in [-0.4, -0.2) is 47.0 Å². The highest BCUT2D eigenvalue weighted by atomic mass is 19.1. The Bertz CT molecular complexity index is 1320. The van der Waals surface area contributed by atoms with Crippen molar-refractivity contribution in [3.63, 3.8) is 0 Å². The van der Waals surface area contributed by atoms with Gasteiger partial charge in [0.25, 0.3) is 0 Å². The Morgan fingerprint density at radius 1 is 0.875 bits per heavy atom. The largest absolute Gasteiger partial charge is 0.390 e. The number of imidazole rings is 1. The molecule has 3 aromatic rings. The number of anilines is 3. The molecule has 0 unspecified atom stereocenters. The molecule has 11 heteroatoms. The second kappa shape index (κ2) is 11.2. The highest BCUT2D eigenvalue weighted by molar-refractivity contribution is 5.76. The third-order valence-corrected chi connectivity index (χ3v) is 8.51. The lowest BCUT2D eigenvalue weighted by Crippen LogP contribution is -2.37. The number of nitrogens with one attached hydrogen (secondary N) is 2. The van der Waals surface area contributed by atoms with E-state index in [9.17, 15) is 23.4 Å². The van der Waals surface area contributed by atoms with E-state index in [0.29, 0.717) is 35.7 Å². The zero-order valence-electron chi connectivity index (χ0n) is 22.8. The Balaban J connectivity index is 0.00000370. The smallest absolute Gasteiger partial charge is 0.224 e. The molecule has 0 radical (unpaired) electrons. The maximum absolute atomic E-state index is 14.5. The number of hydrogen-bond acceptors (Lipinski definition) is 7. The Kier molecular flexibility index (Phi) is 8.38. The van der Waals surface area contributed by atoms with Crippen LogP contribution in [0.1, 0.15) is 86.1 Å². The Morgan fingerprint density at radius 2 is 1.48 bits per heavy atom. The standard InChI is InChI=1S/C28H37F3N6O2.CH4/c1-27(2,38)15-5-8-18(9-6-15)33-25-32-14-22-24(36-25)37(19-10-7-16(11-19)28(3,4)39)26(34-22)35-23-20(30)12-17(29)13-21(23)31;/h12-16,18-19,38-39H,5-11H2,1-4H3,(H,34,35)(H,32,33,36);1H4/t15?,16-,18?,19+;/m1./s1. The molecular weight excluding hydrogens is 521 g/mol. The summed E-state index contributed by atoms with van der Waals surface area (Å²) in [4.78, 5) is 13.8. The first kappa shape index (κ1) is 30.0. The fraction of sp³-hybridized carbons (Fsp3) is 0.621. The summed E-state index contributed by atoms with van der Waals surface area (Å²) in [5, 5.41) is 27.1. The van der Waals surface area contributed by atoms with Crippen LogP contribution in [-0.2, 0) is 0 Å². The summed E-state index contributed by atoms with van der Waals surface area (Å²) < 4.78 is 44.4. The lowest BCUT2D eigenvalue weighted by Gasteiger charge is -2.36.